The fourth-order valence-electron chi connectivity index (χ4n) is 5.06. The zero-order valence-electron chi connectivity index (χ0n) is 21.7. The third kappa shape index (κ3) is 4.77. The van der Waals surface area contributed by atoms with Crippen LogP contribution in [0.3, 0.4) is 0 Å². The van der Waals surface area contributed by atoms with E-state index in [1.54, 1.807) is 6.08 Å². The molecule has 188 valence electrons. The standard InChI is InChI=1S/C33H34O2P2/c1-5-17-27(7-3)36(34,26(4)6-2)32-24-25-33(31-23-16-10-15-22-30(31)32)37(35,28-18-11-8-12-19-28)29-20-13-9-14-21-29/h5-21,23-26H,2,22H2,1,3-4H3/b17-5-,27-7+. The Hall–Kier alpha value is -3.18. The van der Waals surface area contributed by atoms with E-state index in [2.05, 4.69) is 12.7 Å². The van der Waals surface area contributed by atoms with Crippen molar-refractivity contribution in [2.75, 3.05) is 0 Å². The van der Waals surface area contributed by atoms with Gasteiger partial charge in [0.1, 0.15) is 7.14 Å². The first-order valence-electron chi connectivity index (χ1n) is 12.7. The van der Waals surface area contributed by atoms with Crippen molar-refractivity contribution >= 4 is 41.6 Å². The maximum Gasteiger partial charge on any atom is 0.171 e. The molecule has 0 spiro atoms. The van der Waals surface area contributed by atoms with Gasteiger partial charge in [-0.2, -0.15) is 0 Å². The highest BCUT2D eigenvalue weighted by molar-refractivity contribution is 7.85. The van der Waals surface area contributed by atoms with Gasteiger partial charge in [-0.3, -0.25) is 0 Å². The minimum atomic E-state index is -3.22. The molecule has 0 amide bonds. The lowest BCUT2D eigenvalue weighted by molar-refractivity contribution is 0.582. The van der Waals surface area contributed by atoms with E-state index in [1.807, 2.05) is 130 Å². The number of benzene rings is 3. The minimum absolute atomic E-state index is 0.254. The van der Waals surface area contributed by atoms with Gasteiger partial charge in [0.15, 0.2) is 7.14 Å². The van der Waals surface area contributed by atoms with E-state index in [0.717, 1.165) is 37.7 Å². The molecule has 0 bridgehead atoms. The second-order valence-electron chi connectivity index (χ2n) is 9.12. The Morgan fingerprint density at radius 1 is 0.865 bits per heavy atom. The fraction of sp³-hybridized carbons (Fsp3) is 0.152. The number of allylic oxidation sites excluding steroid dienone is 8. The molecule has 0 saturated heterocycles. The van der Waals surface area contributed by atoms with Crippen molar-refractivity contribution in [3.63, 3.8) is 0 Å². The van der Waals surface area contributed by atoms with Crippen molar-refractivity contribution in [1.82, 2.24) is 0 Å². The Bertz CT molecular complexity index is 1450. The van der Waals surface area contributed by atoms with Crippen LogP contribution in [-0.2, 0) is 15.6 Å². The van der Waals surface area contributed by atoms with Crippen LogP contribution in [0.4, 0.5) is 0 Å². The summed E-state index contributed by atoms with van der Waals surface area (Å²) >= 11 is 0. The predicted octanol–water partition coefficient (Wildman–Crippen LogP) is 7.49. The van der Waals surface area contributed by atoms with Gasteiger partial charge in [0, 0.05) is 32.2 Å². The molecule has 3 aromatic rings. The van der Waals surface area contributed by atoms with Crippen LogP contribution in [0.2, 0.25) is 0 Å². The largest absolute Gasteiger partial charge is 0.313 e. The molecule has 3 aromatic carbocycles. The summed E-state index contributed by atoms with van der Waals surface area (Å²) in [7, 11) is -6.31. The van der Waals surface area contributed by atoms with E-state index in [9.17, 15) is 0 Å². The molecule has 0 aromatic heterocycles. The smallest absolute Gasteiger partial charge is 0.171 e. The van der Waals surface area contributed by atoms with Gasteiger partial charge in [0.05, 0.1) is 0 Å². The zero-order chi connectivity index (χ0) is 26.5. The van der Waals surface area contributed by atoms with Crippen molar-refractivity contribution < 1.29 is 9.13 Å². The summed E-state index contributed by atoms with van der Waals surface area (Å²) in [6, 6.07) is 23.3. The molecule has 0 radical (unpaired) electrons. The van der Waals surface area contributed by atoms with Gasteiger partial charge >= 0.3 is 0 Å². The molecular weight excluding hydrogens is 490 g/mol. The fourth-order valence-corrected chi connectivity index (χ4v) is 11.1. The molecule has 0 aliphatic heterocycles. The van der Waals surface area contributed by atoms with E-state index in [-0.39, 0.29) is 5.66 Å². The lowest BCUT2D eigenvalue weighted by atomic mass is 10.1. The van der Waals surface area contributed by atoms with Gasteiger partial charge in [-0.1, -0.05) is 122 Å². The topological polar surface area (TPSA) is 34.1 Å². The summed E-state index contributed by atoms with van der Waals surface area (Å²) < 4.78 is 30.3. The third-order valence-corrected chi connectivity index (χ3v) is 13.8. The summed E-state index contributed by atoms with van der Waals surface area (Å²) in [5, 5.41) is 3.96. The lowest BCUT2D eigenvalue weighted by Gasteiger charge is -2.30. The average molecular weight is 525 g/mol. The molecule has 37 heavy (non-hydrogen) atoms. The number of fused-ring (bicyclic) bond motifs is 1. The monoisotopic (exact) mass is 524 g/mol. The zero-order valence-corrected chi connectivity index (χ0v) is 23.5. The molecule has 0 N–H and O–H groups in total. The summed E-state index contributed by atoms with van der Waals surface area (Å²) in [5.74, 6) is 0. The molecular formula is C33H34O2P2. The maximum absolute atomic E-state index is 15.3. The molecule has 4 rings (SSSR count). The molecule has 2 atom stereocenters. The quantitative estimate of drug-likeness (QED) is 0.174. The molecule has 2 nitrogen and oxygen atoms in total. The summed E-state index contributed by atoms with van der Waals surface area (Å²) in [4.78, 5) is 0. The summed E-state index contributed by atoms with van der Waals surface area (Å²) in [5.41, 5.74) is 1.61. The Kier molecular flexibility index (Phi) is 8.33. The van der Waals surface area contributed by atoms with E-state index in [0.29, 0.717) is 6.42 Å². The molecule has 0 fully saturated rings. The van der Waals surface area contributed by atoms with Gasteiger partial charge < -0.3 is 9.13 Å². The Morgan fingerprint density at radius 2 is 1.46 bits per heavy atom. The van der Waals surface area contributed by atoms with Crippen molar-refractivity contribution in [3.05, 3.63) is 138 Å². The number of hydrogen-bond donors (Lipinski definition) is 0. The van der Waals surface area contributed by atoms with Crippen molar-refractivity contribution in [2.45, 2.75) is 32.9 Å². The number of hydrogen-bond acceptors (Lipinski definition) is 2. The Balaban J connectivity index is 2.10. The highest BCUT2D eigenvalue weighted by Crippen LogP contribution is 2.59. The molecule has 2 unspecified atom stereocenters. The first kappa shape index (κ1) is 26.9. The van der Waals surface area contributed by atoms with E-state index >= 15 is 9.13 Å². The second kappa shape index (κ2) is 11.5. The van der Waals surface area contributed by atoms with Crippen molar-refractivity contribution in [3.8, 4) is 0 Å². The van der Waals surface area contributed by atoms with Crippen molar-refractivity contribution in [2.24, 2.45) is 0 Å². The molecule has 1 aliphatic rings. The number of rotatable bonds is 8. The van der Waals surface area contributed by atoms with Gasteiger partial charge in [-0.25, -0.2) is 0 Å². The second-order valence-corrected chi connectivity index (χ2v) is 15.0. The van der Waals surface area contributed by atoms with Crippen LogP contribution in [0.25, 0.3) is 6.08 Å². The lowest BCUT2D eigenvalue weighted by Crippen LogP contribution is -2.30. The predicted molar refractivity (Wildman–Crippen MR) is 163 cm³/mol. The highest BCUT2D eigenvalue weighted by atomic mass is 31.2. The van der Waals surface area contributed by atoms with Crippen LogP contribution in [0.5, 0.6) is 0 Å². The van der Waals surface area contributed by atoms with Gasteiger partial charge in [-0.05, 0) is 37.5 Å². The van der Waals surface area contributed by atoms with Crippen LogP contribution >= 0.6 is 14.3 Å². The Morgan fingerprint density at radius 3 is 2.00 bits per heavy atom. The van der Waals surface area contributed by atoms with Gasteiger partial charge in [-0.15, -0.1) is 6.58 Å². The minimum Gasteiger partial charge on any atom is -0.313 e. The van der Waals surface area contributed by atoms with Gasteiger partial charge in [0.2, 0.25) is 0 Å². The molecule has 0 saturated carbocycles. The van der Waals surface area contributed by atoms with Gasteiger partial charge in [0.25, 0.3) is 0 Å². The van der Waals surface area contributed by atoms with Crippen molar-refractivity contribution in [1.29, 1.82) is 0 Å². The molecule has 0 heterocycles. The molecule has 4 heteroatoms. The van der Waals surface area contributed by atoms with Crippen LogP contribution < -0.4 is 21.2 Å². The SMILES string of the molecule is C=CC(C)P(=O)(C(/C=C\C)=C/C)c1ccc(P(=O)(c2ccccc2)c2ccccc2)c2c1CC=CC=C2. The van der Waals surface area contributed by atoms with Crippen LogP contribution in [0.15, 0.2) is 127 Å². The molecule has 1 aliphatic carbocycles. The summed E-state index contributed by atoms with van der Waals surface area (Å²) in [6.07, 6.45) is 16.3. The maximum atomic E-state index is 15.3. The van der Waals surface area contributed by atoms with Crippen LogP contribution in [0.1, 0.15) is 31.9 Å². The third-order valence-electron chi connectivity index (χ3n) is 7.01. The van der Waals surface area contributed by atoms with E-state index in [4.69, 9.17) is 0 Å². The Labute approximate surface area is 221 Å². The van der Waals surface area contributed by atoms with Crippen LogP contribution in [0, 0.1) is 0 Å². The summed E-state index contributed by atoms with van der Waals surface area (Å²) in [6.45, 7) is 9.85. The first-order chi connectivity index (χ1) is 17.9. The first-order valence-corrected chi connectivity index (χ1v) is 16.1. The average Bonchev–Trinajstić information content (AvgIpc) is 3.21. The van der Waals surface area contributed by atoms with Crippen LogP contribution in [-0.4, -0.2) is 5.66 Å². The van der Waals surface area contributed by atoms with E-state index < -0.39 is 14.3 Å². The normalized spacial score (nSPS) is 16.1. The van der Waals surface area contributed by atoms with E-state index in [1.165, 1.54) is 0 Å². The highest BCUT2D eigenvalue weighted by Gasteiger charge is 2.38.